The number of aromatic amines is 1. The van der Waals surface area contributed by atoms with Crippen LogP contribution in [0.2, 0.25) is 0 Å². The zero-order valence-corrected chi connectivity index (χ0v) is 14.8. The molecule has 2 aromatic carbocycles. The van der Waals surface area contributed by atoms with E-state index in [9.17, 15) is 4.79 Å². The van der Waals surface area contributed by atoms with Crippen LogP contribution < -0.4 is 10.6 Å². The molecule has 5 rings (SSSR count). The molecule has 0 bridgehead atoms. The van der Waals surface area contributed by atoms with Gasteiger partial charge in [-0.1, -0.05) is 30.3 Å². The molecule has 3 N–H and O–H groups in total. The number of fused-ring (bicyclic) bond motifs is 1. The van der Waals surface area contributed by atoms with Gasteiger partial charge in [0.1, 0.15) is 0 Å². The number of H-pyrrole nitrogens is 1. The molecule has 1 aliphatic heterocycles. The minimum atomic E-state index is -0.0311. The molecule has 4 aromatic rings. The number of hydrogen-bond acceptors (Lipinski definition) is 5. The van der Waals surface area contributed by atoms with Crippen LogP contribution in [0, 0.1) is 0 Å². The third kappa shape index (κ3) is 2.99. The highest BCUT2D eigenvalue weighted by Crippen LogP contribution is 2.25. The number of benzene rings is 2. The van der Waals surface area contributed by atoms with Crippen molar-refractivity contribution in [2.24, 2.45) is 0 Å². The molecule has 0 saturated heterocycles. The molecule has 0 saturated carbocycles. The summed E-state index contributed by atoms with van der Waals surface area (Å²) in [6.45, 7) is 0.548. The highest BCUT2D eigenvalue weighted by atomic mass is 16.1. The van der Waals surface area contributed by atoms with Gasteiger partial charge in [0.15, 0.2) is 5.82 Å². The van der Waals surface area contributed by atoms with Crippen LogP contribution in [0.25, 0.3) is 22.5 Å². The third-order valence-corrected chi connectivity index (χ3v) is 4.68. The van der Waals surface area contributed by atoms with E-state index in [2.05, 4.69) is 30.8 Å². The second kappa shape index (κ2) is 6.62. The number of anilines is 2. The van der Waals surface area contributed by atoms with Gasteiger partial charge in [-0.2, -0.15) is 4.98 Å². The van der Waals surface area contributed by atoms with Gasteiger partial charge in [0.25, 0.3) is 5.91 Å². The summed E-state index contributed by atoms with van der Waals surface area (Å²) in [6, 6.07) is 17.6. The third-order valence-electron chi connectivity index (χ3n) is 4.68. The van der Waals surface area contributed by atoms with Crippen LogP contribution in [0.15, 0.2) is 67.0 Å². The molecule has 28 heavy (non-hydrogen) atoms. The van der Waals surface area contributed by atoms with Crippen LogP contribution in [0.3, 0.4) is 0 Å². The van der Waals surface area contributed by atoms with E-state index < -0.39 is 0 Å². The number of hydrogen-bond donors (Lipinski definition) is 3. The van der Waals surface area contributed by atoms with Crippen LogP contribution in [0.5, 0.6) is 0 Å². The van der Waals surface area contributed by atoms with Crippen LogP contribution in [0.4, 0.5) is 11.6 Å². The second-order valence-corrected chi connectivity index (χ2v) is 6.51. The zero-order chi connectivity index (χ0) is 18.9. The van der Waals surface area contributed by atoms with Gasteiger partial charge >= 0.3 is 0 Å². The van der Waals surface area contributed by atoms with Crippen molar-refractivity contribution < 1.29 is 4.79 Å². The molecule has 1 aliphatic rings. The molecule has 7 nitrogen and oxygen atoms in total. The van der Waals surface area contributed by atoms with Crippen molar-refractivity contribution in [2.75, 3.05) is 5.32 Å². The highest BCUT2D eigenvalue weighted by molar-refractivity contribution is 5.98. The summed E-state index contributed by atoms with van der Waals surface area (Å²) in [7, 11) is 0. The topological polar surface area (TPSA) is 95.6 Å². The summed E-state index contributed by atoms with van der Waals surface area (Å²) in [4.78, 5) is 20.3. The first-order valence-corrected chi connectivity index (χ1v) is 8.88. The average molecular weight is 368 g/mol. The molecule has 0 fully saturated rings. The van der Waals surface area contributed by atoms with Crippen LogP contribution in [-0.4, -0.2) is 26.1 Å². The maximum Gasteiger partial charge on any atom is 0.251 e. The predicted octanol–water partition coefficient (Wildman–Crippen LogP) is 3.52. The highest BCUT2D eigenvalue weighted by Gasteiger charge is 2.18. The molecule has 3 heterocycles. The van der Waals surface area contributed by atoms with E-state index in [-0.39, 0.29) is 5.91 Å². The standard InChI is InChI=1S/C21H16N6O/c28-20-18-8-7-17(10-16(18)12-23-20)24-21-25-19(26-27-21)14-5-3-13(4-6-14)15-2-1-9-22-11-15/h1-11H,12H2,(H,23,28)(H2,24,25,26,27). The number of nitrogens with one attached hydrogen (secondary N) is 3. The first-order valence-electron chi connectivity index (χ1n) is 8.88. The Kier molecular flexibility index (Phi) is 3.83. The molecule has 7 heteroatoms. The average Bonchev–Trinajstić information content (AvgIpc) is 3.36. The van der Waals surface area contributed by atoms with Gasteiger partial charge in [-0.15, -0.1) is 5.10 Å². The molecule has 0 radical (unpaired) electrons. The summed E-state index contributed by atoms with van der Waals surface area (Å²) in [5.41, 5.74) is 5.63. The lowest BCUT2D eigenvalue weighted by molar-refractivity contribution is 0.0966. The fourth-order valence-corrected chi connectivity index (χ4v) is 3.24. The fraction of sp³-hybridized carbons (Fsp3) is 0.0476. The first-order chi connectivity index (χ1) is 13.8. The molecular weight excluding hydrogens is 352 g/mol. The van der Waals surface area contributed by atoms with Crippen molar-refractivity contribution in [1.82, 2.24) is 25.5 Å². The minimum Gasteiger partial charge on any atom is -0.348 e. The summed E-state index contributed by atoms with van der Waals surface area (Å²) in [6.07, 6.45) is 3.60. The SMILES string of the molecule is O=C1NCc2cc(Nc3n[nH]c(-c4ccc(-c5cccnc5)cc4)n3)ccc21. The summed E-state index contributed by atoms with van der Waals surface area (Å²) >= 11 is 0. The van der Waals surface area contributed by atoms with E-state index in [0.717, 1.165) is 33.5 Å². The summed E-state index contributed by atoms with van der Waals surface area (Å²) in [5, 5.41) is 13.2. The Labute approximate surface area is 160 Å². The van der Waals surface area contributed by atoms with Crippen molar-refractivity contribution in [3.63, 3.8) is 0 Å². The molecule has 0 spiro atoms. The Bertz CT molecular complexity index is 1150. The minimum absolute atomic E-state index is 0.0311. The van der Waals surface area contributed by atoms with Crippen LogP contribution in [0.1, 0.15) is 15.9 Å². The van der Waals surface area contributed by atoms with Gasteiger partial charge < -0.3 is 10.6 Å². The van der Waals surface area contributed by atoms with Gasteiger partial charge in [-0.25, -0.2) is 0 Å². The number of carbonyl (C=O) groups is 1. The van der Waals surface area contributed by atoms with E-state index in [4.69, 9.17) is 0 Å². The second-order valence-electron chi connectivity index (χ2n) is 6.51. The lowest BCUT2D eigenvalue weighted by Gasteiger charge is -2.03. The number of carbonyl (C=O) groups excluding carboxylic acids is 1. The van der Waals surface area contributed by atoms with Crippen LogP contribution in [-0.2, 0) is 6.54 Å². The summed E-state index contributed by atoms with van der Waals surface area (Å²) in [5.74, 6) is 1.12. The van der Waals surface area contributed by atoms with Crippen molar-refractivity contribution in [2.45, 2.75) is 6.54 Å². The summed E-state index contributed by atoms with van der Waals surface area (Å²) < 4.78 is 0. The Balaban J connectivity index is 1.34. The van der Waals surface area contributed by atoms with Crippen molar-refractivity contribution in [3.8, 4) is 22.5 Å². The Hall–Kier alpha value is -4.00. The molecular formula is C21H16N6O. The van der Waals surface area contributed by atoms with E-state index in [1.807, 2.05) is 60.8 Å². The molecule has 136 valence electrons. The molecule has 2 aromatic heterocycles. The quantitative estimate of drug-likeness (QED) is 0.512. The number of rotatable bonds is 4. The van der Waals surface area contributed by atoms with Gasteiger partial charge in [0.2, 0.25) is 5.95 Å². The smallest absolute Gasteiger partial charge is 0.251 e. The Morgan fingerprint density at radius 1 is 0.964 bits per heavy atom. The van der Waals surface area contributed by atoms with Gasteiger partial charge in [0.05, 0.1) is 0 Å². The number of amides is 1. The predicted molar refractivity (Wildman–Crippen MR) is 106 cm³/mol. The van der Waals surface area contributed by atoms with Crippen LogP contribution >= 0.6 is 0 Å². The van der Waals surface area contributed by atoms with E-state index in [1.165, 1.54) is 0 Å². The Morgan fingerprint density at radius 2 is 1.82 bits per heavy atom. The van der Waals surface area contributed by atoms with Crippen molar-refractivity contribution in [1.29, 1.82) is 0 Å². The maximum absolute atomic E-state index is 11.6. The fourth-order valence-electron chi connectivity index (χ4n) is 3.24. The number of nitrogens with zero attached hydrogens (tertiary/aromatic N) is 3. The van der Waals surface area contributed by atoms with E-state index in [1.54, 1.807) is 6.20 Å². The number of pyridine rings is 1. The lowest BCUT2D eigenvalue weighted by Crippen LogP contribution is -2.12. The van der Waals surface area contributed by atoms with E-state index >= 15 is 0 Å². The normalized spacial score (nSPS) is 12.5. The number of aromatic nitrogens is 4. The molecule has 1 amide bonds. The molecule has 0 unspecified atom stereocenters. The van der Waals surface area contributed by atoms with Gasteiger partial charge in [-0.05, 0) is 41.0 Å². The molecule has 0 atom stereocenters. The Morgan fingerprint density at radius 3 is 2.64 bits per heavy atom. The van der Waals surface area contributed by atoms with Gasteiger partial charge in [0, 0.05) is 35.8 Å². The van der Waals surface area contributed by atoms with Crippen molar-refractivity contribution >= 4 is 17.5 Å². The van der Waals surface area contributed by atoms with Gasteiger partial charge in [-0.3, -0.25) is 14.9 Å². The monoisotopic (exact) mass is 368 g/mol. The molecule has 0 aliphatic carbocycles. The largest absolute Gasteiger partial charge is 0.348 e. The first kappa shape index (κ1) is 16.2. The maximum atomic E-state index is 11.6. The van der Waals surface area contributed by atoms with E-state index in [0.29, 0.717) is 18.3 Å². The van der Waals surface area contributed by atoms with Crippen molar-refractivity contribution in [3.05, 3.63) is 78.1 Å². The lowest BCUT2D eigenvalue weighted by atomic mass is 10.1. The zero-order valence-electron chi connectivity index (χ0n) is 14.8.